The topological polar surface area (TPSA) is 69.2 Å². The third kappa shape index (κ3) is 1.46. The van der Waals surface area contributed by atoms with Crippen LogP contribution < -0.4 is 5.73 Å². The highest BCUT2D eigenvalue weighted by atomic mass is 19.1. The van der Waals surface area contributed by atoms with Crippen LogP contribution in [0.15, 0.2) is 18.2 Å². The molecule has 1 saturated carbocycles. The van der Waals surface area contributed by atoms with Crippen molar-refractivity contribution in [3.8, 4) is 0 Å². The quantitative estimate of drug-likeness (QED) is 0.576. The number of nitrogens with zero attached hydrogens (tertiary/aromatic N) is 1. The average molecular weight is 196 g/mol. The second-order valence-corrected chi connectivity index (χ2v) is 3.47. The van der Waals surface area contributed by atoms with Crippen LogP contribution in [0.2, 0.25) is 0 Å². The molecule has 1 aromatic rings. The number of benzene rings is 1. The van der Waals surface area contributed by atoms with Gasteiger partial charge in [-0.15, -0.1) is 0 Å². The Morgan fingerprint density at radius 1 is 1.57 bits per heavy atom. The van der Waals surface area contributed by atoms with Crippen LogP contribution in [0, 0.1) is 15.9 Å². The summed E-state index contributed by atoms with van der Waals surface area (Å²) >= 11 is 0. The second-order valence-electron chi connectivity index (χ2n) is 3.47. The number of nitro groups is 1. The molecule has 2 rings (SSSR count). The molecular formula is C9H9FN2O2. The Kier molecular flexibility index (Phi) is 1.96. The fourth-order valence-corrected chi connectivity index (χ4v) is 1.56. The number of hydrogen-bond donors (Lipinski definition) is 1. The molecule has 1 fully saturated rings. The minimum absolute atomic E-state index is 0.0376. The normalized spacial score (nSPS) is 24.7. The summed E-state index contributed by atoms with van der Waals surface area (Å²) in [5, 5.41) is 10.6. The minimum atomic E-state index is -0.500. The van der Waals surface area contributed by atoms with E-state index in [1.165, 1.54) is 12.1 Å². The summed E-state index contributed by atoms with van der Waals surface area (Å²) in [7, 11) is 0. The largest absolute Gasteiger partial charge is 0.327 e. The molecule has 4 nitrogen and oxygen atoms in total. The van der Waals surface area contributed by atoms with E-state index in [0.717, 1.165) is 6.07 Å². The molecule has 0 aliphatic heterocycles. The molecule has 2 atom stereocenters. The van der Waals surface area contributed by atoms with Gasteiger partial charge in [0.1, 0.15) is 5.82 Å². The van der Waals surface area contributed by atoms with Gasteiger partial charge < -0.3 is 5.73 Å². The Morgan fingerprint density at radius 2 is 2.21 bits per heavy atom. The van der Waals surface area contributed by atoms with E-state index in [4.69, 9.17) is 5.73 Å². The van der Waals surface area contributed by atoms with Crippen LogP contribution in [0.3, 0.4) is 0 Å². The van der Waals surface area contributed by atoms with Gasteiger partial charge in [0.2, 0.25) is 0 Å². The molecule has 0 amide bonds. The summed E-state index contributed by atoms with van der Waals surface area (Å²) in [5.41, 5.74) is 5.95. The van der Waals surface area contributed by atoms with Gasteiger partial charge >= 0.3 is 0 Å². The van der Waals surface area contributed by atoms with Gasteiger partial charge in [0.15, 0.2) is 0 Å². The lowest BCUT2D eigenvalue weighted by atomic mass is 10.1. The van der Waals surface area contributed by atoms with Crippen molar-refractivity contribution in [3.63, 3.8) is 0 Å². The second kappa shape index (κ2) is 3.02. The minimum Gasteiger partial charge on any atom is -0.327 e. The highest BCUT2D eigenvalue weighted by Crippen LogP contribution is 2.43. The van der Waals surface area contributed by atoms with E-state index in [-0.39, 0.29) is 17.6 Å². The standard InChI is InChI=1S/C9H9FN2O2/c10-5-1-2-9(12(13)14)7(3-5)6-4-8(6)11/h1-3,6,8H,4,11H2/t6-,8+/m0/s1. The highest BCUT2D eigenvalue weighted by Gasteiger charge is 2.39. The molecule has 0 aromatic heterocycles. The highest BCUT2D eigenvalue weighted by molar-refractivity contribution is 5.46. The molecule has 0 heterocycles. The van der Waals surface area contributed by atoms with Crippen molar-refractivity contribution >= 4 is 5.69 Å². The van der Waals surface area contributed by atoms with Crippen LogP contribution >= 0.6 is 0 Å². The van der Waals surface area contributed by atoms with Gasteiger partial charge in [-0.25, -0.2) is 4.39 Å². The maximum atomic E-state index is 12.9. The number of nitrogens with two attached hydrogens (primary N) is 1. The molecule has 14 heavy (non-hydrogen) atoms. The molecular weight excluding hydrogens is 187 g/mol. The van der Waals surface area contributed by atoms with Gasteiger partial charge in [-0.1, -0.05) is 0 Å². The average Bonchev–Trinajstić information content (AvgIpc) is 2.82. The van der Waals surface area contributed by atoms with Gasteiger partial charge in [-0.05, 0) is 18.6 Å². The van der Waals surface area contributed by atoms with Crippen LogP contribution in [0.5, 0.6) is 0 Å². The Bertz CT molecular complexity index is 394. The van der Waals surface area contributed by atoms with E-state index in [1.807, 2.05) is 0 Å². The van der Waals surface area contributed by atoms with E-state index in [9.17, 15) is 14.5 Å². The molecule has 5 heteroatoms. The van der Waals surface area contributed by atoms with Crippen molar-refractivity contribution < 1.29 is 9.31 Å². The summed E-state index contributed by atoms with van der Waals surface area (Å²) in [6.07, 6.45) is 0.699. The SMILES string of the molecule is N[C@@H]1C[C@H]1c1cc(F)ccc1[N+](=O)[O-]. The van der Waals surface area contributed by atoms with Crippen LogP contribution in [0.1, 0.15) is 17.9 Å². The molecule has 1 aromatic carbocycles. The van der Waals surface area contributed by atoms with Crippen LogP contribution in [-0.4, -0.2) is 11.0 Å². The maximum Gasteiger partial charge on any atom is 0.273 e. The van der Waals surface area contributed by atoms with Crippen molar-refractivity contribution in [2.45, 2.75) is 18.4 Å². The number of halogens is 1. The summed E-state index contributed by atoms with van der Waals surface area (Å²) in [6.45, 7) is 0. The summed E-state index contributed by atoms with van der Waals surface area (Å²) in [5.74, 6) is -0.504. The zero-order valence-electron chi connectivity index (χ0n) is 7.31. The summed E-state index contributed by atoms with van der Waals surface area (Å²) < 4.78 is 12.9. The first-order chi connectivity index (χ1) is 6.59. The lowest BCUT2D eigenvalue weighted by Gasteiger charge is -2.00. The lowest BCUT2D eigenvalue weighted by molar-refractivity contribution is -0.385. The van der Waals surface area contributed by atoms with Crippen LogP contribution in [0.25, 0.3) is 0 Å². The monoisotopic (exact) mass is 196 g/mol. The predicted molar refractivity (Wildman–Crippen MR) is 48.4 cm³/mol. The number of rotatable bonds is 2. The fraction of sp³-hybridized carbons (Fsp3) is 0.333. The summed E-state index contributed by atoms with van der Waals surface area (Å²) in [4.78, 5) is 10.1. The van der Waals surface area contributed by atoms with Gasteiger partial charge in [0, 0.05) is 23.6 Å². The lowest BCUT2D eigenvalue weighted by Crippen LogP contribution is -2.03. The first kappa shape index (κ1) is 9.08. The van der Waals surface area contributed by atoms with E-state index >= 15 is 0 Å². The van der Waals surface area contributed by atoms with Crippen molar-refractivity contribution in [2.75, 3.05) is 0 Å². The van der Waals surface area contributed by atoms with Crippen LogP contribution in [-0.2, 0) is 0 Å². The first-order valence-corrected chi connectivity index (χ1v) is 4.29. The van der Waals surface area contributed by atoms with E-state index in [2.05, 4.69) is 0 Å². The Balaban J connectivity index is 2.44. The first-order valence-electron chi connectivity index (χ1n) is 4.29. The zero-order chi connectivity index (χ0) is 10.3. The Hall–Kier alpha value is -1.49. The fourth-order valence-electron chi connectivity index (χ4n) is 1.56. The van der Waals surface area contributed by atoms with Crippen molar-refractivity contribution in [1.82, 2.24) is 0 Å². The van der Waals surface area contributed by atoms with Gasteiger partial charge in [0.25, 0.3) is 5.69 Å². The van der Waals surface area contributed by atoms with E-state index in [0.29, 0.717) is 12.0 Å². The third-order valence-corrected chi connectivity index (χ3v) is 2.43. The predicted octanol–water partition coefficient (Wildman–Crippen LogP) is 1.55. The number of hydrogen-bond acceptors (Lipinski definition) is 3. The Labute approximate surface area is 79.7 Å². The molecule has 1 aliphatic rings. The van der Waals surface area contributed by atoms with Crippen molar-refractivity contribution in [2.24, 2.45) is 5.73 Å². The maximum absolute atomic E-state index is 12.9. The van der Waals surface area contributed by atoms with Gasteiger partial charge in [-0.2, -0.15) is 0 Å². The Morgan fingerprint density at radius 3 is 2.71 bits per heavy atom. The van der Waals surface area contributed by atoms with Crippen molar-refractivity contribution in [1.29, 1.82) is 0 Å². The molecule has 0 spiro atoms. The molecule has 74 valence electrons. The zero-order valence-corrected chi connectivity index (χ0v) is 7.31. The molecule has 0 radical (unpaired) electrons. The molecule has 1 aliphatic carbocycles. The molecule has 0 saturated heterocycles. The number of nitro benzene ring substituents is 1. The molecule has 0 bridgehead atoms. The van der Waals surface area contributed by atoms with Crippen LogP contribution in [0.4, 0.5) is 10.1 Å². The third-order valence-electron chi connectivity index (χ3n) is 2.43. The molecule has 0 unspecified atom stereocenters. The summed E-state index contributed by atoms with van der Waals surface area (Å²) in [6, 6.07) is 3.43. The molecule has 2 N–H and O–H groups in total. The van der Waals surface area contributed by atoms with E-state index < -0.39 is 10.7 Å². The van der Waals surface area contributed by atoms with E-state index in [1.54, 1.807) is 0 Å². The van der Waals surface area contributed by atoms with Gasteiger partial charge in [0.05, 0.1) is 4.92 Å². The smallest absolute Gasteiger partial charge is 0.273 e. The van der Waals surface area contributed by atoms with Crippen molar-refractivity contribution in [3.05, 3.63) is 39.7 Å². The van der Waals surface area contributed by atoms with Gasteiger partial charge in [-0.3, -0.25) is 10.1 Å².